The zero-order valence-corrected chi connectivity index (χ0v) is 34.2. The van der Waals surface area contributed by atoms with Crippen LogP contribution in [0.4, 0.5) is 13.6 Å². The first kappa shape index (κ1) is 43.3. The van der Waals surface area contributed by atoms with Crippen molar-refractivity contribution in [1.82, 2.24) is 5.32 Å². The van der Waals surface area contributed by atoms with Gasteiger partial charge in [0, 0.05) is 30.1 Å². The fourth-order valence-electron chi connectivity index (χ4n) is 9.32. The summed E-state index contributed by atoms with van der Waals surface area (Å²) in [6.45, 7) is 10.9. The van der Waals surface area contributed by atoms with Crippen molar-refractivity contribution in [2.45, 2.75) is 128 Å². The number of amides is 1. The third kappa shape index (κ3) is 6.91. The van der Waals surface area contributed by atoms with Crippen molar-refractivity contribution in [2.75, 3.05) is 6.61 Å². The molecule has 10 atom stereocenters. The molecule has 6 rings (SSSR count). The summed E-state index contributed by atoms with van der Waals surface area (Å²) in [5, 5.41) is 40.8. The van der Waals surface area contributed by atoms with E-state index in [4.69, 9.17) is 23.7 Å². The molecule has 0 unspecified atom stereocenters. The lowest BCUT2D eigenvalue weighted by Gasteiger charge is -2.67. The van der Waals surface area contributed by atoms with Crippen LogP contribution in [0.3, 0.4) is 0 Å². The van der Waals surface area contributed by atoms with Crippen LogP contribution in [-0.2, 0) is 38.1 Å². The average molecular weight is 834 g/mol. The van der Waals surface area contributed by atoms with Crippen LogP contribution >= 0.6 is 11.3 Å². The maximum atomic E-state index is 16.5. The number of thiophene rings is 1. The number of ketones is 1. The van der Waals surface area contributed by atoms with E-state index in [0.717, 1.165) is 18.3 Å². The molecule has 3 fully saturated rings. The van der Waals surface area contributed by atoms with Gasteiger partial charge in [0.25, 0.3) is 0 Å². The SMILES string of the molecule is CC(=O)O[C@@]12CO[C@@H]1C[C@H](O)[C@@]1(C)C(=O)[C@H](O)C3=C(C)[C@@H](OC(=O)C(F)(F)[C@@H](NC(=O)OC(C)(C)C)c4cccs4)C[C@@](O)([C@@H](OC(=O)c4ccccc4)[C@H]21)C3(C)C. The second kappa shape index (κ2) is 14.8. The van der Waals surface area contributed by atoms with E-state index in [1.165, 1.54) is 78.1 Å². The van der Waals surface area contributed by atoms with Crippen LogP contribution in [0.1, 0.15) is 89.5 Å². The van der Waals surface area contributed by atoms with E-state index in [9.17, 15) is 39.3 Å². The van der Waals surface area contributed by atoms with Crippen LogP contribution in [0.2, 0.25) is 0 Å². The van der Waals surface area contributed by atoms with Gasteiger partial charge in [-0.05, 0) is 69.3 Å². The maximum Gasteiger partial charge on any atom is 0.408 e. The number of alkyl halides is 2. The van der Waals surface area contributed by atoms with Gasteiger partial charge < -0.3 is 44.3 Å². The molecule has 2 saturated carbocycles. The minimum Gasteiger partial charge on any atom is -0.455 e. The minimum atomic E-state index is -4.47. The highest BCUT2D eigenvalue weighted by Gasteiger charge is 2.78. The first-order valence-electron chi connectivity index (χ1n) is 18.9. The number of ether oxygens (including phenoxy) is 5. The highest BCUT2D eigenvalue weighted by molar-refractivity contribution is 7.10. The number of carbonyl (C=O) groups excluding carboxylic acids is 5. The second-order valence-electron chi connectivity index (χ2n) is 17.3. The number of carbonyl (C=O) groups is 5. The topological polar surface area (TPSA) is 204 Å². The number of benzene rings is 1. The number of halogens is 2. The number of Topliss-reactive ketones (excluding diaryl/α,β-unsaturated/α-hetero) is 1. The number of alkyl carbamates (subject to hydrolysis) is 1. The molecule has 4 aliphatic rings. The van der Waals surface area contributed by atoms with Gasteiger partial charge in [0.1, 0.15) is 41.7 Å². The Bertz CT molecular complexity index is 2000. The average Bonchev–Trinajstić information content (AvgIpc) is 3.66. The van der Waals surface area contributed by atoms with Crippen molar-refractivity contribution in [3.05, 3.63) is 69.4 Å². The molecule has 1 aromatic heterocycles. The number of rotatable bonds is 8. The largest absolute Gasteiger partial charge is 0.455 e. The number of aliphatic hydroxyl groups is 3. The van der Waals surface area contributed by atoms with Crippen LogP contribution in [0.25, 0.3) is 0 Å². The Morgan fingerprint density at radius 1 is 1.02 bits per heavy atom. The van der Waals surface area contributed by atoms with Gasteiger partial charge in [-0.15, -0.1) is 11.3 Å². The molecule has 17 heteroatoms. The van der Waals surface area contributed by atoms with Crippen molar-refractivity contribution < 1.29 is 71.8 Å². The van der Waals surface area contributed by atoms with E-state index < -0.39 is 112 Å². The predicted molar refractivity (Wildman–Crippen MR) is 200 cm³/mol. The van der Waals surface area contributed by atoms with E-state index >= 15 is 8.78 Å². The van der Waals surface area contributed by atoms with Crippen molar-refractivity contribution in [1.29, 1.82) is 0 Å². The Hall–Kier alpha value is -4.29. The maximum absolute atomic E-state index is 16.5. The van der Waals surface area contributed by atoms with Crippen molar-refractivity contribution in [3.63, 3.8) is 0 Å². The molecule has 14 nitrogen and oxygen atoms in total. The third-order valence-electron chi connectivity index (χ3n) is 12.3. The summed E-state index contributed by atoms with van der Waals surface area (Å²) in [7, 11) is 0. The van der Waals surface area contributed by atoms with Gasteiger partial charge in [-0.3, -0.25) is 9.59 Å². The molecule has 58 heavy (non-hydrogen) atoms. The van der Waals surface area contributed by atoms with Crippen LogP contribution in [-0.4, -0.2) is 105 Å². The van der Waals surface area contributed by atoms with Crippen molar-refractivity contribution in [3.8, 4) is 0 Å². The van der Waals surface area contributed by atoms with Gasteiger partial charge >= 0.3 is 29.9 Å². The molecule has 1 aliphatic heterocycles. The van der Waals surface area contributed by atoms with E-state index in [1.54, 1.807) is 18.2 Å². The smallest absolute Gasteiger partial charge is 0.408 e. The number of hydrogen-bond donors (Lipinski definition) is 4. The summed E-state index contributed by atoms with van der Waals surface area (Å²) in [5.41, 5.74) is -9.54. The fraction of sp³-hybridized carbons (Fsp3) is 0.585. The molecule has 0 spiro atoms. The summed E-state index contributed by atoms with van der Waals surface area (Å²) in [6.07, 6.45) is -10.8. The van der Waals surface area contributed by atoms with E-state index in [0.29, 0.717) is 0 Å². The summed E-state index contributed by atoms with van der Waals surface area (Å²) in [6, 6.07) is 8.07. The van der Waals surface area contributed by atoms with Crippen molar-refractivity contribution in [2.24, 2.45) is 16.7 Å². The minimum absolute atomic E-state index is 0.0146. The molecule has 2 heterocycles. The number of hydrogen-bond acceptors (Lipinski definition) is 14. The first-order valence-corrected chi connectivity index (χ1v) is 19.7. The molecule has 2 bridgehead atoms. The zero-order chi connectivity index (χ0) is 43.0. The van der Waals surface area contributed by atoms with Gasteiger partial charge in [0.2, 0.25) is 0 Å². The Balaban J connectivity index is 1.50. The van der Waals surface area contributed by atoms with Crippen LogP contribution in [0, 0.1) is 16.7 Å². The number of aliphatic hydroxyl groups excluding tert-OH is 2. The predicted octanol–water partition coefficient (Wildman–Crippen LogP) is 4.60. The molecule has 316 valence electrons. The van der Waals surface area contributed by atoms with Gasteiger partial charge in [-0.2, -0.15) is 8.78 Å². The third-order valence-corrected chi connectivity index (χ3v) is 13.2. The van der Waals surface area contributed by atoms with Gasteiger partial charge in [0.05, 0.1) is 29.6 Å². The molecule has 2 aromatic rings. The molecule has 1 saturated heterocycles. The summed E-state index contributed by atoms with van der Waals surface area (Å²) in [5.74, 6) is -11.1. The molecule has 3 aliphatic carbocycles. The lowest BCUT2D eigenvalue weighted by atomic mass is 9.44. The van der Waals surface area contributed by atoms with E-state index in [1.807, 2.05) is 0 Å². The Kier molecular flexibility index (Phi) is 11.0. The number of fused-ring (bicyclic) bond motifs is 5. The first-order chi connectivity index (χ1) is 26.8. The highest BCUT2D eigenvalue weighted by atomic mass is 32.1. The zero-order valence-electron chi connectivity index (χ0n) is 33.4. The van der Waals surface area contributed by atoms with Crippen LogP contribution < -0.4 is 5.32 Å². The highest BCUT2D eigenvalue weighted by Crippen LogP contribution is 2.64. The monoisotopic (exact) mass is 833 g/mol. The standard InChI is InChI=1S/C41H49F2NO13S/c1-20-23(54-34(50)41(42,43)30(24-15-12-16-58-24)44-35(51)57-36(3,4)5)18-40(52)32(55-33(49)22-13-10-9-11-14-22)29-38(8,31(48)28(47)27(20)37(40,6)7)25(46)17-26-39(29,19-53-26)56-21(2)45/h9-16,23,25-26,28-30,32,46-47,52H,17-19H2,1-8H3,(H,44,51)/t23-,25-,26+,28+,29-,30-,32-,38+,39-,40+/m0/s1. The van der Waals surface area contributed by atoms with Crippen LogP contribution in [0.15, 0.2) is 59.0 Å². The molecule has 1 amide bonds. The molecular formula is C41H49F2NO13S. The Morgan fingerprint density at radius 2 is 1.67 bits per heavy atom. The number of esters is 3. The Labute approximate surface area is 337 Å². The lowest BCUT2D eigenvalue weighted by molar-refractivity contribution is -0.346. The fourth-order valence-corrected chi connectivity index (χ4v) is 10.1. The van der Waals surface area contributed by atoms with Gasteiger partial charge in [-0.1, -0.05) is 38.1 Å². The van der Waals surface area contributed by atoms with Gasteiger partial charge in [0.15, 0.2) is 11.4 Å². The van der Waals surface area contributed by atoms with Crippen molar-refractivity contribution >= 4 is 41.1 Å². The van der Waals surface area contributed by atoms with Gasteiger partial charge in [-0.25, -0.2) is 14.4 Å². The summed E-state index contributed by atoms with van der Waals surface area (Å²) < 4.78 is 61.7. The number of nitrogens with one attached hydrogen (secondary N) is 1. The van der Waals surface area contributed by atoms with Crippen LogP contribution in [0.5, 0.6) is 0 Å². The van der Waals surface area contributed by atoms with E-state index in [-0.39, 0.29) is 34.6 Å². The lowest BCUT2D eigenvalue weighted by Crippen LogP contribution is -2.81. The second-order valence-corrected chi connectivity index (χ2v) is 18.3. The van der Waals surface area contributed by atoms with E-state index in [2.05, 4.69) is 5.32 Å². The normalized spacial score (nSPS) is 33.5. The quantitative estimate of drug-likeness (QED) is 0.163. The Morgan fingerprint density at radius 3 is 2.22 bits per heavy atom. The molecular weight excluding hydrogens is 785 g/mol. The summed E-state index contributed by atoms with van der Waals surface area (Å²) in [4.78, 5) is 68.3. The summed E-state index contributed by atoms with van der Waals surface area (Å²) >= 11 is 0.831. The molecule has 1 aromatic carbocycles. The molecule has 0 radical (unpaired) electrons. The molecule has 4 N–H and O–H groups in total.